The number of anilines is 1. The van der Waals surface area contributed by atoms with E-state index in [9.17, 15) is 13.2 Å². The highest BCUT2D eigenvalue weighted by molar-refractivity contribution is 5.52. The van der Waals surface area contributed by atoms with E-state index < -0.39 is 11.9 Å². The zero-order valence-corrected chi connectivity index (χ0v) is 13.2. The Kier molecular flexibility index (Phi) is 4.90. The lowest BCUT2D eigenvalue weighted by atomic mass is 9.91. The highest BCUT2D eigenvalue weighted by Gasteiger charge is 2.33. The molecule has 0 amide bonds. The van der Waals surface area contributed by atoms with Gasteiger partial charge in [0.25, 0.3) is 0 Å². The number of rotatable bonds is 4. The van der Waals surface area contributed by atoms with Crippen molar-refractivity contribution in [3.63, 3.8) is 0 Å². The van der Waals surface area contributed by atoms with E-state index >= 15 is 0 Å². The second-order valence-corrected chi connectivity index (χ2v) is 5.81. The van der Waals surface area contributed by atoms with E-state index in [0.717, 1.165) is 30.5 Å². The predicted molar refractivity (Wildman–Crippen MR) is 82.4 cm³/mol. The molecule has 2 atom stereocenters. The number of aromatic nitrogens is 3. The van der Waals surface area contributed by atoms with Crippen LogP contribution >= 0.6 is 0 Å². The number of alkyl halides is 3. The second kappa shape index (κ2) is 7.11. The van der Waals surface area contributed by atoms with E-state index in [1.54, 1.807) is 12.4 Å². The summed E-state index contributed by atoms with van der Waals surface area (Å²) in [6.07, 6.45) is 0.373. The van der Waals surface area contributed by atoms with Crippen LogP contribution in [0.25, 0.3) is 0 Å². The van der Waals surface area contributed by atoms with Crippen molar-refractivity contribution in [2.24, 2.45) is 5.92 Å². The number of nitriles is 1. The van der Waals surface area contributed by atoms with Gasteiger partial charge >= 0.3 is 6.18 Å². The molecule has 132 valence electrons. The Labute approximate surface area is 142 Å². The summed E-state index contributed by atoms with van der Waals surface area (Å²) in [4.78, 5) is 3.57. The van der Waals surface area contributed by atoms with Gasteiger partial charge in [-0.25, -0.2) is 4.98 Å². The molecule has 3 rings (SSSR count). The fourth-order valence-electron chi connectivity index (χ4n) is 2.91. The molecular weight excluding hydrogens is 335 g/mol. The summed E-state index contributed by atoms with van der Waals surface area (Å²) in [6, 6.07) is 3.80. The summed E-state index contributed by atoms with van der Waals surface area (Å²) in [6.45, 7) is 0.969. The van der Waals surface area contributed by atoms with E-state index in [4.69, 9.17) is 10.00 Å². The number of pyridine rings is 1. The molecule has 2 aromatic rings. The summed E-state index contributed by atoms with van der Waals surface area (Å²) >= 11 is 0. The lowest BCUT2D eigenvalue weighted by Crippen LogP contribution is -2.28. The third-order valence-corrected chi connectivity index (χ3v) is 4.13. The van der Waals surface area contributed by atoms with Crippen LogP contribution in [-0.2, 0) is 10.9 Å². The van der Waals surface area contributed by atoms with Crippen LogP contribution in [0.3, 0.4) is 0 Å². The highest BCUT2D eigenvalue weighted by Crippen LogP contribution is 2.34. The average Bonchev–Trinajstić information content (AvgIpc) is 3.13. The Morgan fingerprint density at radius 3 is 2.92 bits per heavy atom. The van der Waals surface area contributed by atoms with Gasteiger partial charge in [0.1, 0.15) is 17.6 Å². The minimum absolute atomic E-state index is 0.0363. The first-order valence-corrected chi connectivity index (χ1v) is 7.81. The number of ether oxygens (including phenoxy) is 1. The summed E-state index contributed by atoms with van der Waals surface area (Å²) in [5, 5.41) is 18.6. The Balaban J connectivity index is 1.77. The maximum atomic E-state index is 12.8. The molecular formula is C16H16F3N5O. The van der Waals surface area contributed by atoms with Crippen molar-refractivity contribution >= 4 is 5.82 Å². The van der Waals surface area contributed by atoms with Gasteiger partial charge < -0.3 is 10.1 Å². The SMILES string of the molecule is N#Cc1ccc(C(F)(F)F)nc1NC[C@@H]1CCCO[C@H]1c1cn[nH]c1. The second-order valence-electron chi connectivity index (χ2n) is 5.81. The topological polar surface area (TPSA) is 86.6 Å². The molecule has 1 aliphatic heterocycles. The van der Waals surface area contributed by atoms with Crippen molar-refractivity contribution < 1.29 is 17.9 Å². The molecule has 1 saturated heterocycles. The van der Waals surface area contributed by atoms with Crippen molar-refractivity contribution in [3.05, 3.63) is 41.3 Å². The number of H-pyrrole nitrogens is 1. The smallest absolute Gasteiger partial charge is 0.373 e. The van der Waals surface area contributed by atoms with Crippen LogP contribution in [0.2, 0.25) is 0 Å². The minimum Gasteiger partial charge on any atom is -0.373 e. The van der Waals surface area contributed by atoms with E-state index in [-0.39, 0.29) is 23.4 Å². The predicted octanol–water partition coefficient (Wildman–Crippen LogP) is 3.27. The van der Waals surface area contributed by atoms with Crippen LogP contribution in [-0.4, -0.2) is 28.3 Å². The zero-order chi connectivity index (χ0) is 17.9. The Bertz CT molecular complexity index is 754. The van der Waals surface area contributed by atoms with Gasteiger partial charge in [0.15, 0.2) is 0 Å². The van der Waals surface area contributed by atoms with Gasteiger partial charge in [0.05, 0.1) is 17.9 Å². The number of nitrogens with one attached hydrogen (secondary N) is 2. The van der Waals surface area contributed by atoms with Gasteiger partial charge in [-0.15, -0.1) is 0 Å². The monoisotopic (exact) mass is 351 g/mol. The first-order valence-electron chi connectivity index (χ1n) is 7.81. The van der Waals surface area contributed by atoms with Crippen LogP contribution in [0, 0.1) is 17.2 Å². The number of hydrogen-bond acceptors (Lipinski definition) is 5. The molecule has 0 unspecified atom stereocenters. The molecule has 2 N–H and O–H groups in total. The van der Waals surface area contributed by atoms with E-state index in [0.29, 0.717) is 13.2 Å². The van der Waals surface area contributed by atoms with Gasteiger partial charge in [-0.2, -0.15) is 23.5 Å². The molecule has 1 aliphatic rings. The molecule has 2 aromatic heterocycles. The molecule has 0 aromatic carbocycles. The summed E-state index contributed by atoms with van der Waals surface area (Å²) in [5.74, 6) is -0.0249. The number of halogens is 3. The van der Waals surface area contributed by atoms with Crippen LogP contribution in [0.1, 0.15) is 35.8 Å². The number of aromatic amines is 1. The van der Waals surface area contributed by atoms with Gasteiger partial charge in [0, 0.05) is 30.8 Å². The number of hydrogen-bond donors (Lipinski definition) is 2. The Hall–Kier alpha value is -2.60. The normalized spacial score (nSPS) is 20.9. The largest absolute Gasteiger partial charge is 0.433 e. The van der Waals surface area contributed by atoms with E-state index in [1.807, 2.05) is 6.07 Å². The van der Waals surface area contributed by atoms with Gasteiger partial charge in [0.2, 0.25) is 0 Å². The fourth-order valence-corrected chi connectivity index (χ4v) is 2.91. The third-order valence-electron chi connectivity index (χ3n) is 4.13. The molecule has 0 aliphatic carbocycles. The molecule has 0 radical (unpaired) electrons. The van der Waals surface area contributed by atoms with Gasteiger partial charge in [-0.1, -0.05) is 0 Å². The summed E-state index contributed by atoms with van der Waals surface area (Å²) in [7, 11) is 0. The van der Waals surface area contributed by atoms with Crippen LogP contribution in [0.4, 0.5) is 19.0 Å². The van der Waals surface area contributed by atoms with E-state index in [2.05, 4.69) is 20.5 Å². The highest BCUT2D eigenvalue weighted by atomic mass is 19.4. The molecule has 9 heteroatoms. The molecule has 0 saturated carbocycles. The first kappa shape index (κ1) is 17.2. The average molecular weight is 351 g/mol. The van der Waals surface area contributed by atoms with E-state index in [1.165, 1.54) is 0 Å². The summed E-state index contributed by atoms with van der Waals surface area (Å²) < 4.78 is 44.3. The van der Waals surface area contributed by atoms with Gasteiger partial charge in [-0.05, 0) is 25.0 Å². The van der Waals surface area contributed by atoms with Crippen molar-refractivity contribution in [3.8, 4) is 6.07 Å². The maximum Gasteiger partial charge on any atom is 0.433 e. The molecule has 0 spiro atoms. The Morgan fingerprint density at radius 1 is 1.40 bits per heavy atom. The van der Waals surface area contributed by atoms with Crippen LogP contribution in [0.15, 0.2) is 24.5 Å². The lowest BCUT2D eigenvalue weighted by Gasteiger charge is -2.31. The summed E-state index contributed by atoms with van der Waals surface area (Å²) in [5.41, 5.74) is -0.0612. The van der Waals surface area contributed by atoms with Crippen LogP contribution < -0.4 is 5.32 Å². The lowest BCUT2D eigenvalue weighted by molar-refractivity contribution is -0.141. The fraction of sp³-hybridized carbons (Fsp3) is 0.438. The van der Waals surface area contributed by atoms with Crippen molar-refractivity contribution in [1.29, 1.82) is 5.26 Å². The molecule has 25 heavy (non-hydrogen) atoms. The third kappa shape index (κ3) is 3.91. The molecule has 3 heterocycles. The van der Waals surface area contributed by atoms with Crippen molar-refractivity contribution in [2.45, 2.75) is 25.1 Å². The number of nitrogens with zero attached hydrogens (tertiary/aromatic N) is 3. The minimum atomic E-state index is -4.56. The quantitative estimate of drug-likeness (QED) is 0.883. The molecule has 1 fully saturated rings. The van der Waals surface area contributed by atoms with Crippen molar-refractivity contribution in [1.82, 2.24) is 15.2 Å². The van der Waals surface area contributed by atoms with Crippen LogP contribution in [0.5, 0.6) is 0 Å². The van der Waals surface area contributed by atoms with Gasteiger partial charge in [-0.3, -0.25) is 5.10 Å². The zero-order valence-electron chi connectivity index (χ0n) is 13.2. The Morgan fingerprint density at radius 2 is 2.24 bits per heavy atom. The van der Waals surface area contributed by atoms with Crippen molar-refractivity contribution in [2.75, 3.05) is 18.5 Å². The molecule has 6 nitrogen and oxygen atoms in total. The maximum absolute atomic E-state index is 12.8. The standard InChI is InChI=1S/C16H16F3N5O/c17-16(18,19)13-4-3-10(6-20)15(24-13)21-7-11-2-1-5-25-14(11)12-8-22-23-9-12/h3-4,8-9,11,14H,1-2,5,7H2,(H,21,24)(H,22,23)/t11-,14+/m0/s1. The first-order chi connectivity index (χ1) is 12.0. The molecule has 0 bridgehead atoms.